The minimum absolute atomic E-state index is 0.0200. The van der Waals surface area contributed by atoms with Gasteiger partial charge in [-0.05, 0) is 54.9 Å². The molecule has 0 heterocycles. The predicted molar refractivity (Wildman–Crippen MR) is 169 cm³/mol. The number of nitro benzene ring substituents is 1. The first kappa shape index (κ1) is 31.8. The molecule has 0 spiro atoms. The summed E-state index contributed by atoms with van der Waals surface area (Å²) in [6.07, 6.45) is 6.71. The number of rotatable bonds is 18. The standard InChI is InChI=1S/C33H41NO4S2/c1-3-11-31(39-24-26-13-7-5-8-14-26)21-28(22-32(12-4-2)40-25-27-15-9-6-10-16-27)23-33(35)38-30-19-17-29(18-20-30)34(36)37/h5-10,13-20,28,31-32H,3-4,11-12,21-25H2,1-2H3. The maximum atomic E-state index is 13.1. The van der Waals surface area contributed by atoms with E-state index >= 15 is 0 Å². The number of carbonyl (C=O) groups is 1. The lowest BCUT2D eigenvalue weighted by Gasteiger charge is -2.26. The zero-order valence-electron chi connectivity index (χ0n) is 23.6. The molecule has 40 heavy (non-hydrogen) atoms. The Bertz CT molecular complexity index is 1090. The van der Waals surface area contributed by atoms with Gasteiger partial charge in [0.15, 0.2) is 0 Å². The average Bonchev–Trinajstić information content (AvgIpc) is 2.96. The van der Waals surface area contributed by atoms with Crippen LogP contribution in [0.3, 0.4) is 0 Å². The molecule has 0 saturated heterocycles. The van der Waals surface area contributed by atoms with Crippen LogP contribution in [0.15, 0.2) is 84.9 Å². The zero-order chi connectivity index (χ0) is 28.6. The summed E-state index contributed by atoms with van der Waals surface area (Å²) in [5.74, 6) is 2.20. The van der Waals surface area contributed by atoms with Crippen LogP contribution in [-0.2, 0) is 16.3 Å². The normalized spacial score (nSPS) is 13.3. The zero-order valence-corrected chi connectivity index (χ0v) is 25.2. The minimum atomic E-state index is -0.455. The van der Waals surface area contributed by atoms with E-state index in [1.807, 2.05) is 35.7 Å². The van der Waals surface area contributed by atoms with Gasteiger partial charge >= 0.3 is 5.97 Å². The summed E-state index contributed by atoms with van der Waals surface area (Å²) in [6, 6.07) is 26.9. The largest absolute Gasteiger partial charge is 0.427 e. The van der Waals surface area contributed by atoms with E-state index < -0.39 is 4.92 Å². The highest BCUT2D eigenvalue weighted by molar-refractivity contribution is 7.99. The smallest absolute Gasteiger partial charge is 0.311 e. The van der Waals surface area contributed by atoms with E-state index in [2.05, 4.69) is 62.4 Å². The van der Waals surface area contributed by atoms with Gasteiger partial charge in [-0.25, -0.2) is 0 Å². The number of nitrogens with zero attached hydrogens (tertiary/aromatic N) is 1. The average molecular weight is 580 g/mol. The summed E-state index contributed by atoms with van der Waals surface area (Å²) in [5, 5.41) is 11.9. The summed E-state index contributed by atoms with van der Waals surface area (Å²) >= 11 is 3.98. The number of hydrogen-bond acceptors (Lipinski definition) is 6. The fourth-order valence-electron chi connectivity index (χ4n) is 4.81. The summed E-state index contributed by atoms with van der Waals surface area (Å²) in [7, 11) is 0. The van der Waals surface area contributed by atoms with Gasteiger partial charge in [0.2, 0.25) is 0 Å². The number of carbonyl (C=O) groups excluding carboxylic acids is 1. The quantitative estimate of drug-likeness (QED) is 0.0647. The summed E-state index contributed by atoms with van der Waals surface area (Å²) in [6.45, 7) is 4.45. The lowest BCUT2D eigenvalue weighted by molar-refractivity contribution is -0.384. The van der Waals surface area contributed by atoms with Crippen molar-refractivity contribution in [2.45, 2.75) is 80.8 Å². The Balaban J connectivity index is 1.69. The maximum Gasteiger partial charge on any atom is 0.311 e. The second kappa shape index (κ2) is 17.8. The van der Waals surface area contributed by atoms with Crippen molar-refractivity contribution >= 4 is 35.2 Å². The Morgan fingerprint density at radius 3 is 1.68 bits per heavy atom. The van der Waals surface area contributed by atoms with Gasteiger partial charge in [0, 0.05) is 40.6 Å². The highest BCUT2D eigenvalue weighted by atomic mass is 32.2. The molecule has 3 rings (SSSR count). The first-order valence-electron chi connectivity index (χ1n) is 14.2. The molecule has 0 fully saturated rings. The van der Waals surface area contributed by atoms with Gasteiger partial charge in [0.05, 0.1) is 4.92 Å². The fourth-order valence-corrected chi connectivity index (χ4v) is 7.67. The molecular formula is C33H41NO4S2. The van der Waals surface area contributed by atoms with Crippen LogP contribution in [0, 0.1) is 16.0 Å². The van der Waals surface area contributed by atoms with Crippen molar-refractivity contribution in [2.24, 2.45) is 5.92 Å². The van der Waals surface area contributed by atoms with E-state index in [1.165, 1.54) is 35.4 Å². The van der Waals surface area contributed by atoms with Crippen molar-refractivity contribution in [1.82, 2.24) is 0 Å². The number of esters is 1. The Kier molecular flexibility index (Phi) is 14.1. The molecule has 3 aromatic rings. The third-order valence-corrected chi connectivity index (χ3v) is 9.60. The molecule has 0 aliphatic rings. The van der Waals surface area contributed by atoms with Crippen molar-refractivity contribution in [3.63, 3.8) is 0 Å². The van der Waals surface area contributed by atoms with Gasteiger partial charge in [0.25, 0.3) is 5.69 Å². The van der Waals surface area contributed by atoms with E-state index in [0.29, 0.717) is 22.7 Å². The van der Waals surface area contributed by atoms with Crippen LogP contribution in [0.4, 0.5) is 5.69 Å². The number of hydrogen-bond donors (Lipinski definition) is 0. The van der Waals surface area contributed by atoms with E-state index in [9.17, 15) is 14.9 Å². The molecule has 0 aliphatic carbocycles. The number of non-ortho nitro benzene ring substituents is 1. The third-order valence-electron chi connectivity index (χ3n) is 6.81. The first-order chi connectivity index (χ1) is 19.5. The third kappa shape index (κ3) is 11.8. The molecule has 0 N–H and O–H groups in total. The van der Waals surface area contributed by atoms with E-state index in [4.69, 9.17) is 4.74 Å². The van der Waals surface area contributed by atoms with Crippen LogP contribution in [0.25, 0.3) is 0 Å². The monoisotopic (exact) mass is 579 g/mol. The summed E-state index contributed by atoms with van der Waals surface area (Å²) in [4.78, 5) is 23.6. The molecule has 214 valence electrons. The Hall–Kier alpha value is -2.77. The minimum Gasteiger partial charge on any atom is -0.427 e. The van der Waals surface area contributed by atoms with E-state index in [-0.39, 0.29) is 17.6 Å². The van der Waals surface area contributed by atoms with Crippen molar-refractivity contribution in [3.05, 3.63) is 106 Å². The van der Waals surface area contributed by atoms with Crippen LogP contribution in [-0.4, -0.2) is 21.4 Å². The van der Waals surface area contributed by atoms with Crippen molar-refractivity contribution in [1.29, 1.82) is 0 Å². The van der Waals surface area contributed by atoms with Gasteiger partial charge in [-0.2, -0.15) is 23.5 Å². The maximum absolute atomic E-state index is 13.1. The first-order valence-corrected chi connectivity index (χ1v) is 16.3. The van der Waals surface area contributed by atoms with Crippen molar-refractivity contribution in [3.8, 4) is 5.75 Å². The molecule has 2 atom stereocenters. The van der Waals surface area contributed by atoms with Crippen molar-refractivity contribution in [2.75, 3.05) is 0 Å². The number of thioether (sulfide) groups is 2. The van der Waals surface area contributed by atoms with E-state index in [0.717, 1.165) is 50.0 Å². The Morgan fingerprint density at radius 1 is 0.775 bits per heavy atom. The van der Waals surface area contributed by atoms with Gasteiger partial charge in [-0.3, -0.25) is 14.9 Å². The summed E-state index contributed by atoms with van der Waals surface area (Å²) < 4.78 is 5.65. The van der Waals surface area contributed by atoms with Crippen molar-refractivity contribution < 1.29 is 14.5 Å². The van der Waals surface area contributed by atoms with Crippen LogP contribution in [0.1, 0.15) is 69.9 Å². The molecular weight excluding hydrogens is 539 g/mol. The molecule has 7 heteroatoms. The van der Waals surface area contributed by atoms with Gasteiger partial charge < -0.3 is 4.74 Å². The molecule has 0 amide bonds. The fraction of sp³-hybridized carbons (Fsp3) is 0.424. The van der Waals surface area contributed by atoms with Crippen LogP contribution in [0.5, 0.6) is 5.75 Å². The molecule has 3 aromatic carbocycles. The highest BCUT2D eigenvalue weighted by Crippen LogP contribution is 2.35. The summed E-state index contributed by atoms with van der Waals surface area (Å²) in [5.41, 5.74) is 2.63. The van der Waals surface area contributed by atoms with E-state index in [1.54, 1.807) is 0 Å². The van der Waals surface area contributed by atoms with Crippen LogP contribution < -0.4 is 4.74 Å². The van der Waals surface area contributed by atoms with Gasteiger partial charge in [0.1, 0.15) is 5.75 Å². The topological polar surface area (TPSA) is 69.4 Å². The number of ether oxygens (including phenoxy) is 1. The molecule has 5 nitrogen and oxygen atoms in total. The molecule has 0 aliphatic heterocycles. The second-order valence-electron chi connectivity index (χ2n) is 10.2. The molecule has 0 bridgehead atoms. The molecule has 0 aromatic heterocycles. The molecule has 0 radical (unpaired) electrons. The SMILES string of the molecule is CCCC(CC(CC(=O)Oc1ccc([N+](=O)[O-])cc1)CC(CCC)SCc1ccccc1)SCc1ccccc1. The molecule has 0 saturated carbocycles. The predicted octanol–water partition coefficient (Wildman–Crippen LogP) is 9.49. The lowest BCUT2D eigenvalue weighted by atomic mass is 9.91. The highest BCUT2D eigenvalue weighted by Gasteiger charge is 2.24. The number of nitro groups is 1. The second-order valence-corrected chi connectivity index (χ2v) is 12.8. The number of benzene rings is 3. The Morgan fingerprint density at radius 2 is 1.25 bits per heavy atom. The van der Waals surface area contributed by atoms with Crippen LogP contribution in [0.2, 0.25) is 0 Å². The lowest BCUT2D eigenvalue weighted by Crippen LogP contribution is -2.22. The van der Waals surface area contributed by atoms with Gasteiger partial charge in [-0.1, -0.05) is 87.4 Å². The van der Waals surface area contributed by atoms with Crippen LogP contribution >= 0.6 is 23.5 Å². The molecule has 2 unspecified atom stereocenters. The Labute approximate surface area is 247 Å². The van der Waals surface area contributed by atoms with Gasteiger partial charge in [-0.15, -0.1) is 0 Å².